The maximum absolute atomic E-state index is 12.1. The molecule has 0 aliphatic carbocycles. The van der Waals surface area contributed by atoms with Crippen molar-refractivity contribution in [3.05, 3.63) is 55.5 Å². The van der Waals surface area contributed by atoms with Crippen LogP contribution in [0.25, 0.3) is 22.3 Å². The van der Waals surface area contributed by atoms with E-state index in [2.05, 4.69) is 49.2 Å². The van der Waals surface area contributed by atoms with Crippen LogP contribution in [0.1, 0.15) is 12.8 Å². The van der Waals surface area contributed by atoms with Gasteiger partial charge < -0.3 is 34.9 Å². The van der Waals surface area contributed by atoms with Crippen LogP contribution >= 0.6 is 0 Å². The summed E-state index contributed by atoms with van der Waals surface area (Å²) in [4.78, 5) is 38.0. The molecule has 12 nitrogen and oxygen atoms in total. The summed E-state index contributed by atoms with van der Waals surface area (Å²) in [6, 6.07) is 8.21. The molecule has 5 heterocycles. The quantitative estimate of drug-likeness (QED) is 0.277. The highest BCUT2D eigenvalue weighted by atomic mass is 16.5. The van der Waals surface area contributed by atoms with Gasteiger partial charge in [-0.1, -0.05) is 6.58 Å². The molecule has 0 bridgehead atoms. The number of carbonyl (C=O) groups is 1. The van der Waals surface area contributed by atoms with Crippen molar-refractivity contribution in [2.75, 3.05) is 62.0 Å². The minimum absolute atomic E-state index is 0.0603. The number of ether oxygens (including phenoxy) is 2. The van der Waals surface area contributed by atoms with E-state index < -0.39 is 0 Å². The summed E-state index contributed by atoms with van der Waals surface area (Å²) in [6.07, 6.45) is 7.83. The van der Waals surface area contributed by atoms with E-state index >= 15 is 0 Å². The van der Waals surface area contributed by atoms with Crippen LogP contribution in [0, 0.1) is 0 Å². The first-order valence-electron chi connectivity index (χ1n) is 13.8. The summed E-state index contributed by atoms with van der Waals surface area (Å²) < 4.78 is 12.0. The van der Waals surface area contributed by atoms with Crippen LogP contribution in [-0.4, -0.2) is 88.3 Å². The van der Waals surface area contributed by atoms with Gasteiger partial charge in [-0.25, -0.2) is 4.98 Å². The number of H-pyrrole nitrogens is 1. The second-order valence-corrected chi connectivity index (χ2v) is 9.94. The number of likely N-dealkylation sites (tertiary alicyclic amines) is 1. The Labute approximate surface area is 237 Å². The van der Waals surface area contributed by atoms with Crippen molar-refractivity contribution in [2.24, 2.45) is 0 Å². The maximum atomic E-state index is 12.1. The van der Waals surface area contributed by atoms with E-state index in [1.165, 1.54) is 6.08 Å². The number of aromatic nitrogens is 5. The molecule has 0 saturated carbocycles. The third-order valence-corrected chi connectivity index (χ3v) is 7.37. The number of hydrogen-bond acceptors (Lipinski definition) is 10. The van der Waals surface area contributed by atoms with E-state index in [1.807, 2.05) is 18.3 Å². The summed E-state index contributed by atoms with van der Waals surface area (Å²) in [7, 11) is 1.80. The molecule has 0 radical (unpaired) electrons. The Morgan fingerprint density at radius 3 is 2.61 bits per heavy atom. The minimum Gasteiger partial charge on any atom is -0.474 e. The molecule has 0 atom stereocenters. The van der Waals surface area contributed by atoms with E-state index in [-0.39, 0.29) is 12.0 Å². The standard InChI is InChI=1S/C29H33N9O3/c1-3-25(39)38-10-8-21(9-11-38)41-28-26-22(23-17-31-18-24(30-2)34-23)16-32-27(26)35-29(36-28)33-19-4-6-20(7-5-19)37-12-14-40-15-13-37/h3-7,16-18,21H,1,8-15H2,2H3,(H,30,34)(H2,32,33,35,36). The molecule has 12 heteroatoms. The third kappa shape index (κ3) is 5.78. The fraction of sp³-hybridized carbons (Fsp3) is 0.345. The average Bonchev–Trinajstić information content (AvgIpc) is 3.46. The first kappa shape index (κ1) is 26.5. The zero-order valence-electron chi connectivity index (χ0n) is 23.0. The number of anilines is 4. The number of carbonyl (C=O) groups excluding carboxylic acids is 1. The van der Waals surface area contributed by atoms with Gasteiger partial charge in [-0.05, 0) is 30.3 Å². The van der Waals surface area contributed by atoms with Crippen LogP contribution in [0.3, 0.4) is 0 Å². The number of nitrogens with one attached hydrogen (secondary N) is 3. The minimum atomic E-state index is -0.111. The first-order chi connectivity index (χ1) is 20.1. The maximum Gasteiger partial charge on any atom is 0.245 e. The van der Waals surface area contributed by atoms with Gasteiger partial charge in [-0.15, -0.1) is 0 Å². The first-order valence-corrected chi connectivity index (χ1v) is 13.8. The number of nitrogens with zero attached hydrogens (tertiary/aromatic N) is 6. The third-order valence-electron chi connectivity index (χ3n) is 7.37. The van der Waals surface area contributed by atoms with Gasteiger partial charge in [-0.2, -0.15) is 9.97 Å². The second-order valence-electron chi connectivity index (χ2n) is 9.94. The number of hydrogen-bond donors (Lipinski definition) is 3. The number of fused-ring (bicyclic) bond motifs is 1. The van der Waals surface area contributed by atoms with Crippen molar-refractivity contribution < 1.29 is 14.3 Å². The molecule has 3 aromatic heterocycles. The lowest BCUT2D eigenvalue weighted by molar-refractivity contribution is -0.127. The number of morpholine rings is 1. The molecule has 3 N–H and O–H groups in total. The van der Waals surface area contributed by atoms with Crippen LogP contribution in [-0.2, 0) is 9.53 Å². The van der Waals surface area contributed by atoms with Gasteiger partial charge in [0.05, 0.1) is 36.7 Å². The van der Waals surface area contributed by atoms with Crippen molar-refractivity contribution in [1.29, 1.82) is 0 Å². The Hall–Kier alpha value is -4.71. The zero-order chi connectivity index (χ0) is 28.2. The number of piperidine rings is 1. The molecule has 2 saturated heterocycles. The average molecular weight is 556 g/mol. The number of benzene rings is 1. The Balaban J connectivity index is 1.30. The van der Waals surface area contributed by atoms with Crippen LogP contribution < -0.4 is 20.3 Å². The molecule has 2 aliphatic heterocycles. The highest BCUT2D eigenvalue weighted by Crippen LogP contribution is 2.35. The van der Waals surface area contributed by atoms with Gasteiger partial charge >= 0.3 is 0 Å². The Kier molecular flexibility index (Phi) is 7.63. The largest absolute Gasteiger partial charge is 0.474 e. The lowest BCUT2D eigenvalue weighted by atomic mass is 10.1. The molecule has 212 valence electrons. The molecule has 0 spiro atoms. The van der Waals surface area contributed by atoms with Gasteiger partial charge in [0.1, 0.15) is 17.6 Å². The van der Waals surface area contributed by atoms with E-state index in [0.717, 1.165) is 48.6 Å². The molecular formula is C29H33N9O3. The van der Waals surface area contributed by atoms with Crippen molar-refractivity contribution in [2.45, 2.75) is 18.9 Å². The molecule has 41 heavy (non-hydrogen) atoms. The molecule has 0 unspecified atom stereocenters. The normalized spacial score (nSPS) is 16.0. The SMILES string of the molecule is C=CC(=O)N1CCC(Oc2nc(Nc3ccc(N4CCOCC4)cc3)nc3[nH]cc(-c4cncc(NC)n4)c23)CC1. The van der Waals surface area contributed by atoms with Crippen LogP contribution in [0.4, 0.5) is 23.1 Å². The molecule has 4 aromatic rings. The van der Waals surface area contributed by atoms with E-state index in [0.29, 0.717) is 54.9 Å². The van der Waals surface area contributed by atoms with E-state index in [1.54, 1.807) is 24.3 Å². The molecule has 2 aliphatic rings. The highest BCUT2D eigenvalue weighted by molar-refractivity contribution is 5.97. The Morgan fingerprint density at radius 2 is 1.88 bits per heavy atom. The Morgan fingerprint density at radius 1 is 1.10 bits per heavy atom. The molecule has 6 rings (SSSR count). The number of aromatic amines is 1. The van der Waals surface area contributed by atoms with Gasteiger partial charge in [0.2, 0.25) is 17.7 Å². The summed E-state index contributed by atoms with van der Waals surface area (Å²) in [5.41, 5.74) is 4.10. The Bertz CT molecular complexity index is 1520. The summed E-state index contributed by atoms with van der Waals surface area (Å²) in [5, 5.41) is 7.09. The topological polar surface area (TPSA) is 133 Å². The van der Waals surface area contributed by atoms with Crippen molar-refractivity contribution in [3.8, 4) is 17.1 Å². The van der Waals surface area contributed by atoms with Crippen LogP contribution in [0.5, 0.6) is 5.88 Å². The highest BCUT2D eigenvalue weighted by Gasteiger charge is 2.26. The fourth-order valence-corrected chi connectivity index (χ4v) is 5.15. The lowest BCUT2D eigenvalue weighted by Crippen LogP contribution is -2.41. The molecular weight excluding hydrogens is 522 g/mol. The summed E-state index contributed by atoms with van der Waals surface area (Å²) >= 11 is 0. The smallest absolute Gasteiger partial charge is 0.245 e. The zero-order valence-corrected chi connectivity index (χ0v) is 23.0. The number of rotatable bonds is 8. The van der Waals surface area contributed by atoms with Crippen LogP contribution in [0.15, 0.2) is 55.5 Å². The summed E-state index contributed by atoms with van der Waals surface area (Å²) in [5.74, 6) is 1.45. The monoisotopic (exact) mass is 555 g/mol. The van der Waals surface area contributed by atoms with Crippen molar-refractivity contribution >= 4 is 40.1 Å². The number of amides is 1. The van der Waals surface area contributed by atoms with Gasteiger partial charge in [-0.3, -0.25) is 9.78 Å². The van der Waals surface area contributed by atoms with E-state index in [4.69, 9.17) is 19.4 Å². The van der Waals surface area contributed by atoms with Gasteiger partial charge in [0.15, 0.2) is 0 Å². The molecule has 1 amide bonds. The lowest BCUT2D eigenvalue weighted by Gasteiger charge is -2.31. The second kappa shape index (κ2) is 11.8. The molecule has 2 fully saturated rings. The predicted molar refractivity (Wildman–Crippen MR) is 158 cm³/mol. The van der Waals surface area contributed by atoms with Gasteiger partial charge in [0, 0.05) is 69.2 Å². The van der Waals surface area contributed by atoms with Crippen molar-refractivity contribution in [3.63, 3.8) is 0 Å². The van der Waals surface area contributed by atoms with E-state index in [9.17, 15) is 4.79 Å². The summed E-state index contributed by atoms with van der Waals surface area (Å²) in [6.45, 7) is 8.03. The van der Waals surface area contributed by atoms with Gasteiger partial charge in [0.25, 0.3) is 0 Å². The predicted octanol–water partition coefficient (Wildman–Crippen LogP) is 3.59. The van der Waals surface area contributed by atoms with Crippen LogP contribution in [0.2, 0.25) is 0 Å². The van der Waals surface area contributed by atoms with Crippen molar-refractivity contribution in [1.82, 2.24) is 29.8 Å². The fourth-order valence-electron chi connectivity index (χ4n) is 5.15. The molecule has 1 aromatic carbocycles.